The van der Waals surface area contributed by atoms with Gasteiger partial charge in [0.15, 0.2) is 10.7 Å². The number of hydrogen-bond donors (Lipinski definition) is 3. The molecule has 0 fully saturated rings. The first-order chi connectivity index (χ1) is 11.0. The second-order valence-corrected chi connectivity index (χ2v) is 6.37. The first kappa shape index (κ1) is 16.1. The molecule has 0 spiro atoms. The van der Waals surface area contributed by atoms with Gasteiger partial charge < -0.3 is 10.5 Å². The van der Waals surface area contributed by atoms with Gasteiger partial charge in [-0.1, -0.05) is 34.5 Å². The van der Waals surface area contributed by atoms with Gasteiger partial charge in [-0.2, -0.15) is 5.23 Å². The number of halogens is 2. The summed E-state index contributed by atoms with van der Waals surface area (Å²) in [6.07, 6.45) is 0. The van der Waals surface area contributed by atoms with E-state index in [0.29, 0.717) is 20.2 Å². The van der Waals surface area contributed by atoms with Crippen molar-refractivity contribution in [2.75, 3.05) is 5.32 Å². The second kappa shape index (κ2) is 6.79. The number of nitrogens with one attached hydrogen (secondary N) is 2. The first-order valence-electron chi connectivity index (χ1n) is 6.42. The predicted molar refractivity (Wildman–Crippen MR) is 90.9 cm³/mol. The number of nitrogens with zero attached hydrogens (tertiary/aromatic N) is 2. The lowest BCUT2D eigenvalue weighted by molar-refractivity contribution is -0.991. The lowest BCUT2D eigenvalue weighted by Crippen LogP contribution is -2.99. The number of rotatable bonds is 4. The zero-order valence-corrected chi connectivity index (χ0v) is 13.8. The topological polar surface area (TPSA) is 85.5 Å². The van der Waals surface area contributed by atoms with Crippen molar-refractivity contribution in [3.63, 3.8) is 0 Å². The van der Waals surface area contributed by atoms with Crippen LogP contribution in [-0.2, 0) is 0 Å². The number of aromatic nitrogens is 2. The van der Waals surface area contributed by atoms with Crippen LogP contribution in [0.15, 0.2) is 42.5 Å². The average Bonchev–Trinajstić information content (AvgIpc) is 2.96. The lowest BCUT2D eigenvalue weighted by Gasteiger charge is -2.11. The molecule has 0 aliphatic heterocycles. The van der Waals surface area contributed by atoms with Crippen LogP contribution in [0, 0.1) is 5.21 Å². The standard InChI is InChI=1S/C14H10Cl2N4O2S/c15-8-1-6-11(12(16)7-8)13-18-19-14(23-13)17-9-2-4-10(5-3-9)20(21)22/h1-7,20-21H,(H,17,19). The molecule has 0 saturated heterocycles. The van der Waals surface area contributed by atoms with E-state index in [1.807, 2.05) is 0 Å². The molecule has 23 heavy (non-hydrogen) atoms. The Morgan fingerprint density at radius 1 is 1.09 bits per heavy atom. The van der Waals surface area contributed by atoms with Crippen molar-refractivity contribution in [1.82, 2.24) is 10.2 Å². The Kier molecular flexibility index (Phi) is 4.76. The summed E-state index contributed by atoms with van der Waals surface area (Å²) in [7, 11) is 0. The summed E-state index contributed by atoms with van der Waals surface area (Å²) in [6.45, 7) is 0. The molecule has 3 rings (SSSR count). The fourth-order valence-electron chi connectivity index (χ4n) is 1.87. The molecule has 2 aromatic carbocycles. The van der Waals surface area contributed by atoms with Crippen molar-refractivity contribution in [2.45, 2.75) is 0 Å². The fraction of sp³-hybridized carbons (Fsp3) is 0. The molecule has 9 heteroatoms. The highest BCUT2D eigenvalue weighted by Gasteiger charge is 2.11. The Hall–Kier alpha value is -1.74. The molecule has 1 atom stereocenters. The van der Waals surface area contributed by atoms with Crippen molar-refractivity contribution in [2.24, 2.45) is 0 Å². The molecule has 1 aromatic heterocycles. The fourth-order valence-corrected chi connectivity index (χ4v) is 3.22. The van der Waals surface area contributed by atoms with E-state index < -0.39 is 5.23 Å². The Morgan fingerprint density at radius 3 is 2.48 bits per heavy atom. The molecule has 6 nitrogen and oxygen atoms in total. The highest BCUT2D eigenvalue weighted by molar-refractivity contribution is 7.18. The van der Waals surface area contributed by atoms with Crippen LogP contribution in [0.1, 0.15) is 0 Å². The average molecular weight is 369 g/mol. The molecule has 118 valence electrons. The smallest absolute Gasteiger partial charge is 0.210 e. The van der Waals surface area contributed by atoms with Crippen LogP contribution in [0.5, 0.6) is 0 Å². The van der Waals surface area contributed by atoms with E-state index in [2.05, 4.69) is 15.5 Å². The molecule has 0 aliphatic carbocycles. The van der Waals surface area contributed by atoms with E-state index in [4.69, 9.17) is 28.4 Å². The van der Waals surface area contributed by atoms with Crippen LogP contribution in [0.25, 0.3) is 10.6 Å². The Labute approximate surface area is 145 Å². The summed E-state index contributed by atoms with van der Waals surface area (Å²) >= 11 is 13.4. The van der Waals surface area contributed by atoms with Gasteiger partial charge in [-0.15, -0.1) is 10.2 Å². The summed E-state index contributed by atoms with van der Waals surface area (Å²) in [5, 5.41) is 32.3. The van der Waals surface area contributed by atoms with Gasteiger partial charge in [-0.25, -0.2) is 5.21 Å². The van der Waals surface area contributed by atoms with Gasteiger partial charge in [0.1, 0.15) is 0 Å². The minimum atomic E-state index is -0.966. The maximum absolute atomic E-state index is 10.8. The van der Waals surface area contributed by atoms with Gasteiger partial charge in [0.25, 0.3) is 0 Å². The SMILES string of the molecule is [O-][NH+](O)c1ccc(Nc2nnc(-c3ccc(Cl)cc3Cl)s2)cc1. The van der Waals surface area contributed by atoms with Gasteiger partial charge in [-0.05, 0) is 30.3 Å². The monoisotopic (exact) mass is 368 g/mol. The molecule has 0 saturated carbocycles. The third-order valence-electron chi connectivity index (χ3n) is 2.97. The van der Waals surface area contributed by atoms with Crippen molar-refractivity contribution in [3.05, 3.63) is 57.7 Å². The highest BCUT2D eigenvalue weighted by Crippen LogP contribution is 2.34. The molecule has 0 amide bonds. The van der Waals surface area contributed by atoms with Gasteiger partial charge in [0, 0.05) is 28.4 Å². The number of hydrogen-bond acceptors (Lipinski definition) is 6. The van der Waals surface area contributed by atoms with Gasteiger partial charge in [0.05, 0.1) is 5.02 Å². The lowest BCUT2D eigenvalue weighted by atomic mass is 10.2. The quantitative estimate of drug-likeness (QED) is 0.611. The summed E-state index contributed by atoms with van der Waals surface area (Å²) in [5.74, 6) is 0. The van der Waals surface area contributed by atoms with E-state index in [0.717, 1.165) is 11.3 Å². The molecule has 0 bridgehead atoms. The normalized spacial score (nSPS) is 12.2. The zero-order valence-electron chi connectivity index (χ0n) is 11.5. The van der Waals surface area contributed by atoms with Crippen LogP contribution in [0.3, 0.4) is 0 Å². The molecular weight excluding hydrogens is 359 g/mol. The van der Waals surface area contributed by atoms with Crippen LogP contribution in [0.4, 0.5) is 16.5 Å². The summed E-state index contributed by atoms with van der Waals surface area (Å²) in [5.41, 5.74) is 1.70. The van der Waals surface area contributed by atoms with Crippen LogP contribution < -0.4 is 10.5 Å². The van der Waals surface area contributed by atoms with Crippen molar-refractivity contribution < 1.29 is 10.4 Å². The third-order valence-corrected chi connectivity index (χ3v) is 4.39. The van der Waals surface area contributed by atoms with Crippen LogP contribution >= 0.6 is 34.5 Å². The Balaban J connectivity index is 1.79. The summed E-state index contributed by atoms with van der Waals surface area (Å²) < 4.78 is 0. The highest BCUT2D eigenvalue weighted by atomic mass is 35.5. The van der Waals surface area contributed by atoms with Gasteiger partial charge >= 0.3 is 0 Å². The van der Waals surface area contributed by atoms with Gasteiger partial charge in [0.2, 0.25) is 5.13 Å². The van der Waals surface area contributed by atoms with E-state index >= 15 is 0 Å². The minimum absolute atomic E-state index is 0.224. The molecule has 3 aromatic rings. The van der Waals surface area contributed by atoms with E-state index in [1.165, 1.54) is 23.5 Å². The molecule has 3 N–H and O–H groups in total. The molecular formula is C14H10Cl2N4O2S. The van der Waals surface area contributed by atoms with E-state index in [9.17, 15) is 5.21 Å². The number of quaternary nitrogens is 1. The number of benzene rings is 2. The molecule has 1 unspecified atom stereocenters. The van der Waals surface area contributed by atoms with Crippen LogP contribution in [-0.4, -0.2) is 15.4 Å². The second-order valence-electron chi connectivity index (χ2n) is 4.54. The minimum Gasteiger partial charge on any atom is -0.595 e. The molecule has 0 aliphatic rings. The Morgan fingerprint density at radius 2 is 1.83 bits per heavy atom. The molecule has 0 radical (unpaired) electrons. The maximum Gasteiger partial charge on any atom is 0.210 e. The van der Waals surface area contributed by atoms with Crippen molar-refractivity contribution >= 4 is 51.0 Å². The van der Waals surface area contributed by atoms with Gasteiger partial charge in [-0.3, -0.25) is 0 Å². The molecule has 1 heterocycles. The predicted octanol–water partition coefficient (Wildman–Crippen LogP) is 3.66. The zero-order chi connectivity index (χ0) is 16.4. The largest absolute Gasteiger partial charge is 0.595 e. The third kappa shape index (κ3) is 3.78. The number of anilines is 2. The van der Waals surface area contributed by atoms with E-state index in [-0.39, 0.29) is 5.69 Å². The van der Waals surface area contributed by atoms with Crippen molar-refractivity contribution in [3.8, 4) is 10.6 Å². The van der Waals surface area contributed by atoms with Crippen LogP contribution in [0.2, 0.25) is 10.0 Å². The first-order valence-corrected chi connectivity index (χ1v) is 7.99. The maximum atomic E-state index is 10.8. The summed E-state index contributed by atoms with van der Waals surface area (Å²) in [4.78, 5) is 0. The Bertz CT molecular complexity index is 824. The summed E-state index contributed by atoms with van der Waals surface area (Å²) in [6, 6.07) is 11.5. The van der Waals surface area contributed by atoms with E-state index in [1.54, 1.807) is 30.3 Å². The van der Waals surface area contributed by atoms with Crippen molar-refractivity contribution in [1.29, 1.82) is 0 Å².